The summed E-state index contributed by atoms with van der Waals surface area (Å²) in [5.74, 6) is -0.945. The number of hydrogen-bond acceptors (Lipinski definition) is 4. The molecule has 136 valence electrons. The van der Waals surface area contributed by atoms with Gasteiger partial charge in [-0.2, -0.15) is 0 Å². The zero-order chi connectivity index (χ0) is 19.2. The number of aryl methyl sites for hydroxylation is 1. The Balaban J connectivity index is 2.12. The SMILES string of the molecule is CCN1c2cc(C)c(C=C3C(=O)NC(=S)NC3=O)cc2C(C)=CC1(C)C. The van der Waals surface area contributed by atoms with E-state index in [0.29, 0.717) is 0 Å². The topological polar surface area (TPSA) is 61.4 Å². The molecule has 1 aromatic carbocycles. The normalized spacial score (nSPS) is 18.8. The van der Waals surface area contributed by atoms with Crippen LogP contribution in [0.3, 0.4) is 0 Å². The Morgan fingerprint density at radius 1 is 1.15 bits per heavy atom. The van der Waals surface area contributed by atoms with Gasteiger partial charge >= 0.3 is 0 Å². The van der Waals surface area contributed by atoms with E-state index in [-0.39, 0.29) is 16.2 Å². The first-order valence-electron chi connectivity index (χ1n) is 8.64. The molecule has 1 aromatic rings. The van der Waals surface area contributed by atoms with Crippen molar-refractivity contribution in [3.05, 3.63) is 40.5 Å². The van der Waals surface area contributed by atoms with E-state index >= 15 is 0 Å². The molecule has 0 radical (unpaired) electrons. The van der Waals surface area contributed by atoms with E-state index in [1.54, 1.807) is 6.08 Å². The molecular formula is C20H23N3O2S. The third kappa shape index (κ3) is 3.05. The van der Waals surface area contributed by atoms with Crippen molar-refractivity contribution >= 4 is 46.5 Å². The van der Waals surface area contributed by atoms with Crippen molar-refractivity contribution in [3.8, 4) is 0 Å². The van der Waals surface area contributed by atoms with Crippen LogP contribution in [0.2, 0.25) is 0 Å². The smallest absolute Gasteiger partial charge is 0.263 e. The van der Waals surface area contributed by atoms with Crippen molar-refractivity contribution in [2.75, 3.05) is 11.4 Å². The molecule has 0 spiro atoms. The maximum atomic E-state index is 12.1. The van der Waals surface area contributed by atoms with Crippen LogP contribution in [0, 0.1) is 6.92 Å². The standard InChI is InChI=1S/C20H23N3O2S/c1-6-23-16-7-11(2)13(8-14(16)12(3)10-20(23,4)5)9-15-17(24)21-19(26)22-18(15)25/h7-10H,6H2,1-5H3,(H2,21,22,24,25,26). The minimum atomic E-state index is -0.473. The van der Waals surface area contributed by atoms with Gasteiger partial charge in [0.2, 0.25) is 0 Å². The first kappa shape index (κ1) is 18.3. The van der Waals surface area contributed by atoms with Gasteiger partial charge < -0.3 is 4.90 Å². The molecule has 0 bridgehead atoms. The van der Waals surface area contributed by atoms with Crippen LogP contribution in [-0.2, 0) is 9.59 Å². The molecule has 0 unspecified atom stereocenters. The average Bonchev–Trinajstić information content (AvgIpc) is 2.51. The Morgan fingerprint density at radius 2 is 1.77 bits per heavy atom. The van der Waals surface area contributed by atoms with Crippen molar-refractivity contribution in [1.29, 1.82) is 0 Å². The van der Waals surface area contributed by atoms with Crippen molar-refractivity contribution in [2.24, 2.45) is 0 Å². The van der Waals surface area contributed by atoms with E-state index in [0.717, 1.165) is 23.2 Å². The molecule has 5 nitrogen and oxygen atoms in total. The number of thiocarbonyl (C=S) groups is 1. The lowest BCUT2D eigenvalue weighted by Crippen LogP contribution is -2.51. The molecule has 2 heterocycles. The first-order chi connectivity index (χ1) is 12.1. The molecule has 1 saturated heterocycles. The van der Waals surface area contributed by atoms with E-state index in [9.17, 15) is 9.59 Å². The molecule has 2 aliphatic heterocycles. The zero-order valence-electron chi connectivity index (χ0n) is 15.7. The lowest BCUT2D eigenvalue weighted by Gasteiger charge is -2.43. The van der Waals surface area contributed by atoms with E-state index in [2.05, 4.69) is 61.4 Å². The number of anilines is 1. The van der Waals surface area contributed by atoms with Crippen molar-refractivity contribution < 1.29 is 9.59 Å². The van der Waals surface area contributed by atoms with Gasteiger partial charge in [-0.1, -0.05) is 6.08 Å². The number of hydrogen-bond donors (Lipinski definition) is 2. The van der Waals surface area contributed by atoms with Crippen LogP contribution in [-0.4, -0.2) is 29.0 Å². The summed E-state index contributed by atoms with van der Waals surface area (Å²) in [4.78, 5) is 26.6. The number of carbonyl (C=O) groups is 2. The van der Waals surface area contributed by atoms with Gasteiger partial charge in [0.15, 0.2) is 5.11 Å². The van der Waals surface area contributed by atoms with Crippen molar-refractivity contribution in [2.45, 2.75) is 40.2 Å². The summed E-state index contributed by atoms with van der Waals surface area (Å²) < 4.78 is 0. The van der Waals surface area contributed by atoms with Crippen LogP contribution in [0.15, 0.2) is 23.8 Å². The molecule has 2 N–H and O–H groups in total. The Hall–Kier alpha value is -2.47. The number of rotatable bonds is 2. The van der Waals surface area contributed by atoms with Gasteiger partial charge in [0.05, 0.1) is 5.54 Å². The fourth-order valence-corrected chi connectivity index (χ4v) is 3.93. The number of benzene rings is 1. The van der Waals surface area contributed by atoms with Crippen LogP contribution in [0.1, 0.15) is 44.4 Å². The highest BCUT2D eigenvalue weighted by Gasteiger charge is 2.31. The fourth-order valence-electron chi connectivity index (χ4n) is 3.74. The Bertz CT molecular complexity index is 875. The minimum Gasteiger partial charge on any atom is -0.363 e. The molecule has 26 heavy (non-hydrogen) atoms. The van der Waals surface area contributed by atoms with Gasteiger partial charge in [-0.15, -0.1) is 0 Å². The number of fused-ring (bicyclic) bond motifs is 1. The minimum absolute atomic E-state index is 0.0407. The number of likely N-dealkylation sites (N-methyl/N-ethyl adjacent to an activating group) is 1. The summed E-state index contributed by atoms with van der Waals surface area (Å²) in [5.41, 5.74) is 5.35. The van der Waals surface area contributed by atoms with Crippen LogP contribution < -0.4 is 15.5 Å². The molecule has 0 saturated carbocycles. The predicted molar refractivity (Wildman–Crippen MR) is 109 cm³/mol. The summed E-state index contributed by atoms with van der Waals surface area (Å²) in [6.45, 7) is 11.5. The summed E-state index contributed by atoms with van der Waals surface area (Å²) in [7, 11) is 0. The van der Waals surface area contributed by atoms with Gasteiger partial charge in [0, 0.05) is 17.8 Å². The second-order valence-electron chi connectivity index (χ2n) is 7.25. The zero-order valence-corrected chi connectivity index (χ0v) is 16.5. The molecule has 0 aromatic heterocycles. The third-order valence-electron chi connectivity index (χ3n) is 4.92. The summed E-state index contributed by atoms with van der Waals surface area (Å²) >= 11 is 4.84. The van der Waals surface area contributed by atoms with Gasteiger partial charge in [-0.25, -0.2) is 0 Å². The molecule has 1 fully saturated rings. The summed E-state index contributed by atoms with van der Waals surface area (Å²) in [5, 5.41) is 4.98. The highest BCUT2D eigenvalue weighted by molar-refractivity contribution is 7.80. The lowest BCUT2D eigenvalue weighted by molar-refractivity contribution is -0.123. The second kappa shape index (κ2) is 6.36. The largest absolute Gasteiger partial charge is 0.363 e. The van der Waals surface area contributed by atoms with Crippen LogP contribution in [0.25, 0.3) is 11.6 Å². The van der Waals surface area contributed by atoms with Gasteiger partial charge in [-0.05, 0) is 81.7 Å². The molecule has 2 amide bonds. The van der Waals surface area contributed by atoms with Gasteiger partial charge in [0.1, 0.15) is 5.57 Å². The second-order valence-corrected chi connectivity index (χ2v) is 7.65. The van der Waals surface area contributed by atoms with Crippen molar-refractivity contribution in [1.82, 2.24) is 10.6 Å². The van der Waals surface area contributed by atoms with Crippen molar-refractivity contribution in [3.63, 3.8) is 0 Å². The number of nitrogens with one attached hydrogen (secondary N) is 2. The first-order valence-corrected chi connectivity index (χ1v) is 9.05. The molecule has 2 aliphatic rings. The monoisotopic (exact) mass is 369 g/mol. The number of carbonyl (C=O) groups excluding carboxylic acids is 2. The predicted octanol–water partition coefficient (Wildman–Crippen LogP) is 2.93. The van der Waals surface area contributed by atoms with Gasteiger partial charge in [-0.3, -0.25) is 20.2 Å². The van der Waals surface area contributed by atoms with E-state index in [1.165, 1.54) is 11.3 Å². The average molecular weight is 369 g/mol. The molecule has 3 rings (SSSR count). The highest BCUT2D eigenvalue weighted by atomic mass is 32.1. The molecule has 0 aliphatic carbocycles. The lowest BCUT2D eigenvalue weighted by atomic mass is 9.86. The maximum Gasteiger partial charge on any atom is 0.263 e. The van der Waals surface area contributed by atoms with Crippen LogP contribution in [0.4, 0.5) is 5.69 Å². The Morgan fingerprint density at radius 3 is 2.35 bits per heavy atom. The third-order valence-corrected chi connectivity index (χ3v) is 5.13. The maximum absolute atomic E-state index is 12.1. The van der Waals surface area contributed by atoms with E-state index in [1.807, 2.05) is 6.92 Å². The van der Waals surface area contributed by atoms with Crippen LogP contribution >= 0.6 is 12.2 Å². The Kier molecular flexibility index (Phi) is 4.48. The summed E-state index contributed by atoms with van der Waals surface area (Å²) in [6, 6.07) is 4.18. The Labute approximate surface area is 159 Å². The van der Waals surface area contributed by atoms with Gasteiger partial charge in [0.25, 0.3) is 11.8 Å². The van der Waals surface area contributed by atoms with E-state index in [4.69, 9.17) is 12.2 Å². The number of nitrogens with zero attached hydrogens (tertiary/aromatic N) is 1. The van der Waals surface area contributed by atoms with Crippen LogP contribution in [0.5, 0.6) is 0 Å². The highest BCUT2D eigenvalue weighted by Crippen LogP contribution is 2.40. The number of amides is 2. The molecule has 0 atom stereocenters. The fraction of sp³-hybridized carbons (Fsp3) is 0.350. The quantitative estimate of drug-likeness (QED) is 0.478. The van der Waals surface area contributed by atoms with E-state index < -0.39 is 11.8 Å². The molecule has 6 heteroatoms. The molecular weight excluding hydrogens is 346 g/mol. The number of allylic oxidation sites excluding steroid dienone is 1. The summed E-state index contributed by atoms with van der Waals surface area (Å²) in [6.07, 6.45) is 3.88.